The molecule has 1 rings (SSSR count). The molecule has 5 heteroatoms. The van der Waals surface area contributed by atoms with Crippen LogP contribution in [0, 0.1) is 0 Å². The van der Waals surface area contributed by atoms with Gasteiger partial charge in [0, 0.05) is 17.7 Å². The minimum absolute atomic E-state index is 0.0724. The Bertz CT molecular complexity index is 366. The van der Waals surface area contributed by atoms with Gasteiger partial charge in [-0.3, -0.25) is 0 Å². The number of halogens is 1. The number of phenolic OH excluding ortho intramolecular Hbond substituents is 1. The highest BCUT2D eigenvalue weighted by atomic mass is 35.5. The lowest BCUT2D eigenvalue weighted by atomic mass is 10.1. The van der Waals surface area contributed by atoms with E-state index in [1.54, 1.807) is 13.0 Å². The maximum atomic E-state index is 9.88. The van der Waals surface area contributed by atoms with Crippen molar-refractivity contribution in [2.75, 3.05) is 14.2 Å². The first-order valence-corrected chi connectivity index (χ1v) is 4.79. The van der Waals surface area contributed by atoms with Crippen LogP contribution >= 0.6 is 11.6 Å². The van der Waals surface area contributed by atoms with E-state index in [0.717, 1.165) is 0 Å². The lowest BCUT2D eigenvalue weighted by molar-refractivity contribution is 0.330. The maximum absolute atomic E-state index is 9.88. The molecule has 0 amide bonds. The van der Waals surface area contributed by atoms with E-state index in [0.29, 0.717) is 16.3 Å². The highest BCUT2D eigenvalue weighted by Crippen LogP contribution is 2.44. The van der Waals surface area contributed by atoms with Gasteiger partial charge in [-0.15, -0.1) is 0 Å². The largest absolute Gasteiger partial charge is 0.504 e. The molecule has 0 bridgehead atoms. The summed E-state index contributed by atoms with van der Waals surface area (Å²) in [5, 5.41) is 10.2. The van der Waals surface area contributed by atoms with Crippen LogP contribution in [0.4, 0.5) is 0 Å². The molecule has 0 saturated carbocycles. The third kappa shape index (κ3) is 2.11. The van der Waals surface area contributed by atoms with E-state index in [1.807, 2.05) is 0 Å². The molecule has 0 fully saturated rings. The van der Waals surface area contributed by atoms with Crippen molar-refractivity contribution in [1.29, 1.82) is 0 Å². The molecule has 0 spiro atoms. The van der Waals surface area contributed by atoms with Gasteiger partial charge in [-0.1, -0.05) is 11.6 Å². The van der Waals surface area contributed by atoms with Crippen molar-refractivity contribution < 1.29 is 14.6 Å². The molecule has 1 atom stereocenters. The smallest absolute Gasteiger partial charge is 0.203 e. The topological polar surface area (TPSA) is 64.7 Å². The third-order valence-electron chi connectivity index (χ3n) is 2.09. The van der Waals surface area contributed by atoms with E-state index in [2.05, 4.69) is 0 Å². The van der Waals surface area contributed by atoms with E-state index in [4.69, 9.17) is 26.8 Å². The summed E-state index contributed by atoms with van der Waals surface area (Å²) in [6.07, 6.45) is 0. The molecule has 84 valence electrons. The van der Waals surface area contributed by atoms with Crippen LogP contribution < -0.4 is 15.2 Å². The van der Waals surface area contributed by atoms with Crippen LogP contribution in [0.2, 0.25) is 5.02 Å². The average molecular weight is 232 g/mol. The Morgan fingerprint density at radius 2 is 2.00 bits per heavy atom. The predicted octanol–water partition coefficient (Wildman–Crippen LogP) is 2.08. The Morgan fingerprint density at radius 1 is 1.40 bits per heavy atom. The number of nitrogens with two attached hydrogens (primary N) is 1. The minimum atomic E-state index is -0.377. The van der Waals surface area contributed by atoms with E-state index in [1.165, 1.54) is 14.2 Å². The highest BCUT2D eigenvalue weighted by Gasteiger charge is 2.20. The van der Waals surface area contributed by atoms with Gasteiger partial charge < -0.3 is 20.3 Å². The van der Waals surface area contributed by atoms with Crippen molar-refractivity contribution in [3.63, 3.8) is 0 Å². The minimum Gasteiger partial charge on any atom is -0.504 e. The first-order valence-electron chi connectivity index (χ1n) is 4.41. The molecule has 4 nitrogen and oxygen atoms in total. The van der Waals surface area contributed by atoms with Crippen molar-refractivity contribution in [3.05, 3.63) is 16.7 Å². The van der Waals surface area contributed by atoms with Crippen molar-refractivity contribution >= 4 is 11.6 Å². The molecule has 1 unspecified atom stereocenters. The monoisotopic (exact) mass is 231 g/mol. The summed E-state index contributed by atoms with van der Waals surface area (Å²) in [7, 11) is 2.91. The first kappa shape index (κ1) is 11.9. The highest BCUT2D eigenvalue weighted by molar-refractivity contribution is 6.31. The number of hydrogen-bond acceptors (Lipinski definition) is 4. The summed E-state index contributed by atoms with van der Waals surface area (Å²) in [4.78, 5) is 0. The van der Waals surface area contributed by atoms with Crippen LogP contribution in [0.3, 0.4) is 0 Å². The summed E-state index contributed by atoms with van der Waals surface area (Å²) in [5.41, 5.74) is 6.14. The van der Waals surface area contributed by atoms with Crippen LogP contribution in [-0.2, 0) is 0 Å². The molecule has 0 saturated heterocycles. The van der Waals surface area contributed by atoms with Gasteiger partial charge in [-0.25, -0.2) is 0 Å². The SMILES string of the molecule is COc1cc(Cl)c(C(C)N)c(O)c1OC. The van der Waals surface area contributed by atoms with Gasteiger partial charge in [0.05, 0.1) is 19.2 Å². The number of phenols is 1. The zero-order valence-electron chi connectivity index (χ0n) is 8.87. The molecule has 1 aromatic carbocycles. The average Bonchev–Trinajstić information content (AvgIpc) is 2.16. The second kappa shape index (κ2) is 4.59. The molecule has 0 heterocycles. The molecule has 0 radical (unpaired) electrons. The van der Waals surface area contributed by atoms with Crippen molar-refractivity contribution in [2.45, 2.75) is 13.0 Å². The summed E-state index contributed by atoms with van der Waals surface area (Å²) in [5.74, 6) is 0.551. The second-order valence-corrected chi connectivity index (χ2v) is 3.55. The van der Waals surface area contributed by atoms with E-state index in [-0.39, 0.29) is 17.5 Å². The molecule has 0 aliphatic carbocycles. The van der Waals surface area contributed by atoms with E-state index >= 15 is 0 Å². The maximum Gasteiger partial charge on any atom is 0.203 e. The molecule has 3 N–H and O–H groups in total. The number of ether oxygens (including phenoxy) is 2. The van der Waals surface area contributed by atoms with Gasteiger partial charge in [0.2, 0.25) is 5.75 Å². The van der Waals surface area contributed by atoms with Crippen LogP contribution in [-0.4, -0.2) is 19.3 Å². The number of hydrogen-bond donors (Lipinski definition) is 2. The van der Waals surface area contributed by atoms with E-state index < -0.39 is 0 Å². The summed E-state index contributed by atoms with van der Waals surface area (Å²) in [6, 6.07) is 1.19. The van der Waals surface area contributed by atoms with Gasteiger partial charge in [-0.2, -0.15) is 0 Å². The van der Waals surface area contributed by atoms with Crippen molar-refractivity contribution in [1.82, 2.24) is 0 Å². The zero-order chi connectivity index (χ0) is 11.6. The van der Waals surface area contributed by atoms with E-state index in [9.17, 15) is 5.11 Å². The standard InChI is InChI=1S/C10H14ClNO3/c1-5(12)8-6(11)4-7(14-2)10(15-3)9(8)13/h4-5,13H,12H2,1-3H3. The van der Waals surface area contributed by atoms with Crippen molar-refractivity contribution in [2.24, 2.45) is 5.73 Å². The number of aromatic hydroxyl groups is 1. The Balaban J connectivity index is 3.44. The summed E-state index contributed by atoms with van der Waals surface area (Å²) < 4.78 is 10.0. The van der Waals surface area contributed by atoms with Crippen LogP contribution in [0.1, 0.15) is 18.5 Å². The quantitative estimate of drug-likeness (QED) is 0.836. The fourth-order valence-corrected chi connectivity index (χ4v) is 1.75. The number of rotatable bonds is 3. The van der Waals surface area contributed by atoms with Gasteiger partial charge >= 0.3 is 0 Å². The van der Waals surface area contributed by atoms with Gasteiger partial charge in [0.25, 0.3) is 0 Å². The molecule has 0 aromatic heterocycles. The molecule has 0 aliphatic rings. The molecule has 0 aliphatic heterocycles. The predicted molar refractivity (Wildman–Crippen MR) is 58.8 cm³/mol. The second-order valence-electron chi connectivity index (χ2n) is 3.14. The summed E-state index contributed by atoms with van der Waals surface area (Å²) in [6.45, 7) is 1.73. The Morgan fingerprint density at radius 3 is 2.40 bits per heavy atom. The molecular formula is C10H14ClNO3. The fraction of sp³-hybridized carbons (Fsp3) is 0.400. The van der Waals surface area contributed by atoms with Crippen molar-refractivity contribution in [3.8, 4) is 17.2 Å². The zero-order valence-corrected chi connectivity index (χ0v) is 9.63. The molecule has 15 heavy (non-hydrogen) atoms. The summed E-state index contributed by atoms with van der Waals surface area (Å²) >= 11 is 5.96. The lowest BCUT2D eigenvalue weighted by Gasteiger charge is -2.16. The third-order valence-corrected chi connectivity index (χ3v) is 2.40. The first-order chi connectivity index (χ1) is 7.02. The van der Waals surface area contributed by atoms with Crippen LogP contribution in [0.5, 0.6) is 17.2 Å². The van der Waals surface area contributed by atoms with Crippen LogP contribution in [0.25, 0.3) is 0 Å². The normalized spacial score (nSPS) is 12.3. The van der Waals surface area contributed by atoms with Gasteiger partial charge in [0.1, 0.15) is 0 Å². The Kier molecular flexibility index (Phi) is 3.66. The fourth-order valence-electron chi connectivity index (χ4n) is 1.39. The van der Waals surface area contributed by atoms with Gasteiger partial charge in [-0.05, 0) is 6.92 Å². The number of benzene rings is 1. The lowest BCUT2D eigenvalue weighted by Crippen LogP contribution is -2.07. The Hall–Kier alpha value is -1.13. The van der Waals surface area contributed by atoms with Crippen LogP contribution in [0.15, 0.2) is 6.07 Å². The molecule has 1 aromatic rings. The van der Waals surface area contributed by atoms with Gasteiger partial charge in [0.15, 0.2) is 11.5 Å². The molecular weight excluding hydrogens is 218 g/mol. The Labute approximate surface area is 93.6 Å². The number of methoxy groups -OCH3 is 2.